The molecule has 1 amide bonds. The molecule has 0 saturated carbocycles. The van der Waals surface area contributed by atoms with Crippen molar-refractivity contribution in [1.82, 2.24) is 14.9 Å². The van der Waals surface area contributed by atoms with Gasteiger partial charge in [-0.3, -0.25) is 4.79 Å². The van der Waals surface area contributed by atoms with Crippen LogP contribution in [0.2, 0.25) is 0 Å². The van der Waals surface area contributed by atoms with Crippen molar-refractivity contribution in [1.29, 1.82) is 0 Å². The largest absolute Gasteiger partial charge is 0.425 e. The third kappa shape index (κ3) is 2.71. The van der Waals surface area contributed by atoms with Gasteiger partial charge in [0.15, 0.2) is 0 Å². The molecule has 5 nitrogen and oxygen atoms in total. The Morgan fingerprint density at radius 1 is 1.03 bits per heavy atom. The van der Waals surface area contributed by atoms with E-state index in [4.69, 9.17) is 0 Å². The van der Waals surface area contributed by atoms with E-state index in [2.05, 4.69) is 9.97 Å². The van der Waals surface area contributed by atoms with Gasteiger partial charge in [-0.25, -0.2) is 9.97 Å². The zero-order valence-electron chi connectivity index (χ0n) is 15.5. The summed E-state index contributed by atoms with van der Waals surface area (Å²) in [5.41, 5.74) is -2.59. The number of halogens is 3. The van der Waals surface area contributed by atoms with E-state index in [-0.39, 0.29) is 27.8 Å². The van der Waals surface area contributed by atoms with Gasteiger partial charge in [0.25, 0.3) is 5.91 Å². The second-order valence-corrected chi connectivity index (χ2v) is 7.03. The number of rotatable bonds is 2. The minimum Gasteiger partial charge on any atom is -0.372 e. The first-order valence-electron chi connectivity index (χ1n) is 8.70. The monoisotopic (exact) mass is 399 g/mol. The van der Waals surface area contributed by atoms with Crippen LogP contribution in [-0.4, -0.2) is 46.2 Å². The molecule has 0 saturated heterocycles. The van der Waals surface area contributed by atoms with E-state index in [0.29, 0.717) is 11.1 Å². The third-order valence-electron chi connectivity index (χ3n) is 5.05. The summed E-state index contributed by atoms with van der Waals surface area (Å²) in [7, 11) is 3.01. The summed E-state index contributed by atoms with van der Waals surface area (Å²) in [5, 5.41) is 11.0. The minimum atomic E-state index is -4.99. The standard InChI is InChI=1S/C21H16F3N3O2/c1-27(2)19(28)12-7-15(13-9-25-11-26-10-13)18-14-5-3-4-6-16(14)20(29,17(18)8-12)21(22,23)24/h3-11,29H,1-2H3. The van der Waals surface area contributed by atoms with Crippen molar-refractivity contribution in [3.63, 3.8) is 0 Å². The predicted octanol–water partition coefficient (Wildman–Crippen LogP) is 3.62. The van der Waals surface area contributed by atoms with E-state index in [1.807, 2.05) is 0 Å². The Labute approximate surface area is 164 Å². The van der Waals surface area contributed by atoms with Gasteiger partial charge in [-0.05, 0) is 28.8 Å². The highest BCUT2D eigenvalue weighted by atomic mass is 19.4. The number of hydrogen-bond acceptors (Lipinski definition) is 4. The van der Waals surface area contributed by atoms with Gasteiger partial charge in [-0.1, -0.05) is 24.3 Å². The number of carbonyl (C=O) groups excluding carboxylic acids is 1. The van der Waals surface area contributed by atoms with Crippen LogP contribution in [0.4, 0.5) is 13.2 Å². The van der Waals surface area contributed by atoms with Crippen molar-refractivity contribution in [3.05, 3.63) is 71.8 Å². The van der Waals surface area contributed by atoms with E-state index in [1.165, 1.54) is 62.0 Å². The molecule has 0 radical (unpaired) electrons. The van der Waals surface area contributed by atoms with Gasteiger partial charge in [0, 0.05) is 48.7 Å². The maximum absolute atomic E-state index is 14.2. The number of hydrogen-bond donors (Lipinski definition) is 1. The number of aromatic nitrogens is 2. The summed E-state index contributed by atoms with van der Waals surface area (Å²) >= 11 is 0. The Morgan fingerprint density at radius 3 is 2.31 bits per heavy atom. The van der Waals surface area contributed by atoms with Crippen LogP contribution in [0.5, 0.6) is 0 Å². The van der Waals surface area contributed by atoms with Crippen LogP contribution in [0.25, 0.3) is 22.3 Å². The van der Waals surface area contributed by atoms with E-state index < -0.39 is 17.7 Å². The maximum atomic E-state index is 14.2. The lowest BCUT2D eigenvalue weighted by molar-refractivity contribution is -0.246. The van der Waals surface area contributed by atoms with E-state index in [0.717, 1.165) is 6.07 Å². The van der Waals surface area contributed by atoms with Gasteiger partial charge < -0.3 is 10.0 Å². The van der Waals surface area contributed by atoms with Gasteiger partial charge in [0.1, 0.15) is 6.33 Å². The van der Waals surface area contributed by atoms with E-state index >= 15 is 0 Å². The fraction of sp³-hybridized carbons (Fsp3) is 0.190. The highest BCUT2D eigenvalue weighted by Gasteiger charge is 2.61. The van der Waals surface area contributed by atoms with Gasteiger partial charge in [-0.15, -0.1) is 0 Å². The van der Waals surface area contributed by atoms with Gasteiger partial charge >= 0.3 is 6.18 Å². The second-order valence-electron chi connectivity index (χ2n) is 7.03. The summed E-state index contributed by atoms with van der Waals surface area (Å²) < 4.78 is 42.5. The van der Waals surface area contributed by atoms with Crippen LogP contribution in [0.15, 0.2) is 55.1 Å². The smallest absolute Gasteiger partial charge is 0.372 e. The van der Waals surface area contributed by atoms with Crippen LogP contribution in [0, 0.1) is 0 Å². The van der Waals surface area contributed by atoms with E-state index in [9.17, 15) is 23.1 Å². The van der Waals surface area contributed by atoms with Crippen LogP contribution in [0.3, 0.4) is 0 Å². The molecule has 1 N–H and O–H groups in total. The molecule has 0 bridgehead atoms. The molecule has 29 heavy (non-hydrogen) atoms. The Morgan fingerprint density at radius 2 is 1.69 bits per heavy atom. The van der Waals surface area contributed by atoms with Crippen LogP contribution in [0.1, 0.15) is 21.5 Å². The topological polar surface area (TPSA) is 66.3 Å². The van der Waals surface area contributed by atoms with Crippen molar-refractivity contribution in [2.24, 2.45) is 0 Å². The summed E-state index contributed by atoms with van der Waals surface area (Å²) in [5.74, 6) is -0.480. The fourth-order valence-corrected chi connectivity index (χ4v) is 3.73. The molecular formula is C21H16F3N3O2. The first kappa shape index (κ1) is 19.1. The van der Waals surface area contributed by atoms with Gasteiger partial charge in [0.2, 0.25) is 5.60 Å². The molecule has 1 aromatic heterocycles. The van der Waals surface area contributed by atoms with Crippen molar-refractivity contribution in [3.8, 4) is 22.3 Å². The molecule has 1 aliphatic carbocycles. The highest BCUT2D eigenvalue weighted by molar-refractivity contribution is 6.00. The zero-order chi connectivity index (χ0) is 21.0. The molecule has 3 aromatic rings. The molecular weight excluding hydrogens is 383 g/mol. The molecule has 0 fully saturated rings. The molecule has 2 aromatic carbocycles. The quantitative estimate of drug-likeness (QED) is 0.715. The predicted molar refractivity (Wildman–Crippen MR) is 100.0 cm³/mol. The first-order valence-corrected chi connectivity index (χ1v) is 8.70. The molecule has 0 spiro atoms. The first-order chi connectivity index (χ1) is 13.7. The van der Waals surface area contributed by atoms with Crippen molar-refractivity contribution in [2.45, 2.75) is 11.8 Å². The SMILES string of the molecule is CN(C)C(=O)c1cc(-c2cncnc2)c2c(c1)C(O)(C(F)(F)F)c1ccccc1-2. The fourth-order valence-electron chi connectivity index (χ4n) is 3.73. The average molecular weight is 399 g/mol. The lowest BCUT2D eigenvalue weighted by Gasteiger charge is -2.29. The second kappa shape index (κ2) is 6.38. The molecule has 8 heteroatoms. The van der Waals surface area contributed by atoms with E-state index in [1.54, 1.807) is 6.07 Å². The molecule has 1 atom stereocenters. The van der Waals surface area contributed by atoms with Crippen LogP contribution >= 0.6 is 0 Å². The number of fused-ring (bicyclic) bond motifs is 3. The summed E-state index contributed by atoms with van der Waals surface area (Å²) in [6.45, 7) is 0. The number of alkyl halides is 3. The number of nitrogens with zero attached hydrogens (tertiary/aromatic N) is 3. The summed E-state index contributed by atoms with van der Waals surface area (Å²) in [6.07, 6.45) is -0.767. The molecule has 148 valence electrons. The Hall–Kier alpha value is -3.26. The zero-order valence-corrected chi connectivity index (χ0v) is 15.5. The van der Waals surface area contributed by atoms with Gasteiger partial charge in [0.05, 0.1) is 0 Å². The molecule has 1 aliphatic rings. The Kier molecular flexibility index (Phi) is 4.20. The van der Waals surface area contributed by atoms with Crippen molar-refractivity contribution in [2.75, 3.05) is 14.1 Å². The third-order valence-corrected chi connectivity index (χ3v) is 5.05. The summed E-state index contributed by atoms with van der Waals surface area (Å²) in [4.78, 5) is 21.8. The van der Waals surface area contributed by atoms with Crippen molar-refractivity contribution < 1.29 is 23.1 Å². The molecule has 4 rings (SSSR count). The number of benzene rings is 2. The Bertz CT molecular complexity index is 1110. The highest BCUT2D eigenvalue weighted by Crippen LogP contribution is 2.57. The molecule has 1 heterocycles. The van der Waals surface area contributed by atoms with Crippen LogP contribution in [-0.2, 0) is 5.60 Å². The number of aliphatic hydroxyl groups is 1. The molecule has 0 aliphatic heterocycles. The Balaban J connectivity index is 2.14. The number of carbonyl (C=O) groups is 1. The summed E-state index contributed by atoms with van der Waals surface area (Å²) in [6, 6.07) is 8.46. The average Bonchev–Trinajstić information content (AvgIpc) is 2.97. The van der Waals surface area contributed by atoms with Crippen molar-refractivity contribution >= 4 is 5.91 Å². The normalized spacial score (nSPS) is 17.6. The maximum Gasteiger partial charge on any atom is 0.425 e. The lowest BCUT2D eigenvalue weighted by Crippen LogP contribution is -2.41. The van der Waals surface area contributed by atoms with Gasteiger partial charge in [-0.2, -0.15) is 13.2 Å². The van der Waals surface area contributed by atoms with Crippen LogP contribution < -0.4 is 0 Å². The molecule has 1 unspecified atom stereocenters. The number of amides is 1. The lowest BCUT2D eigenvalue weighted by atomic mass is 9.87. The minimum absolute atomic E-state index is 0.0306.